The molecule has 0 aromatic carbocycles. The highest BCUT2D eigenvalue weighted by Gasteiger charge is 2.76. The Labute approximate surface area is 120 Å². The molecule has 2 aliphatic carbocycles. The molecule has 0 heterocycles. The van der Waals surface area contributed by atoms with E-state index in [1.165, 1.54) is 6.92 Å². The molecule has 2 aliphatic rings. The maximum absolute atomic E-state index is 14.0. The fourth-order valence-corrected chi connectivity index (χ4v) is 3.07. The van der Waals surface area contributed by atoms with Crippen molar-refractivity contribution in [1.29, 1.82) is 0 Å². The summed E-state index contributed by atoms with van der Waals surface area (Å²) in [6.45, 7) is 1.34. The highest BCUT2D eigenvalue weighted by atomic mass is 35.5. The highest BCUT2D eigenvalue weighted by Crippen LogP contribution is 2.63. The van der Waals surface area contributed by atoms with Crippen LogP contribution in [0.4, 0.5) is 4.39 Å². The molecule has 20 heavy (non-hydrogen) atoms. The van der Waals surface area contributed by atoms with Crippen molar-refractivity contribution >= 4 is 30.3 Å². The molecule has 0 spiro atoms. The molecule has 0 saturated heterocycles. The SMILES string of the molecule is C[C@H](N)C(=O)N[C@]1(C(=O)O)[C@H]2[C@@H](C[C@@H]1F)[C@@H]2C(=O)O.Cl. The van der Waals surface area contributed by atoms with Gasteiger partial charge in [-0.05, 0) is 19.3 Å². The van der Waals surface area contributed by atoms with Crippen LogP contribution >= 0.6 is 12.4 Å². The molecule has 2 saturated carbocycles. The normalized spacial score (nSPS) is 39.1. The topological polar surface area (TPSA) is 130 Å². The number of carbonyl (C=O) groups is 3. The van der Waals surface area contributed by atoms with Crippen molar-refractivity contribution in [3.8, 4) is 0 Å². The van der Waals surface area contributed by atoms with Crippen LogP contribution in [0.25, 0.3) is 0 Å². The van der Waals surface area contributed by atoms with Gasteiger partial charge in [-0.3, -0.25) is 9.59 Å². The van der Waals surface area contributed by atoms with Crippen LogP contribution in [-0.2, 0) is 14.4 Å². The van der Waals surface area contributed by atoms with Gasteiger partial charge in [0.05, 0.1) is 12.0 Å². The van der Waals surface area contributed by atoms with E-state index in [0.29, 0.717) is 0 Å². The van der Waals surface area contributed by atoms with Crippen LogP contribution in [0.3, 0.4) is 0 Å². The molecule has 6 atom stereocenters. The molecule has 9 heteroatoms. The molecule has 0 aromatic heterocycles. The molecular formula is C11H16ClFN2O5. The fourth-order valence-electron chi connectivity index (χ4n) is 3.07. The van der Waals surface area contributed by atoms with Crippen LogP contribution in [0, 0.1) is 17.8 Å². The lowest BCUT2D eigenvalue weighted by Crippen LogP contribution is -2.63. The Bertz CT molecular complexity index is 460. The number of alkyl halides is 1. The van der Waals surface area contributed by atoms with E-state index in [9.17, 15) is 23.9 Å². The summed E-state index contributed by atoms with van der Waals surface area (Å²) >= 11 is 0. The molecule has 2 rings (SSSR count). The molecule has 114 valence electrons. The van der Waals surface area contributed by atoms with Crippen LogP contribution in [0.2, 0.25) is 0 Å². The number of halogens is 2. The number of amides is 1. The summed E-state index contributed by atoms with van der Waals surface area (Å²) in [7, 11) is 0. The number of carboxylic acids is 2. The van der Waals surface area contributed by atoms with Crippen molar-refractivity contribution < 1.29 is 29.0 Å². The molecule has 1 amide bonds. The van der Waals surface area contributed by atoms with Gasteiger partial charge < -0.3 is 21.3 Å². The summed E-state index contributed by atoms with van der Waals surface area (Å²) in [6.07, 6.45) is -1.98. The Kier molecular flexibility index (Phi) is 4.31. The second-order valence-corrected chi connectivity index (χ2v) is 5.21. The van der Waals surface area contributed by atoms with Gasteiger partial charge in [0, 0.05) is 5.92 Å². The minimum Gasteiger partial charge on any atom is -0.481 e. The number of carboxylic acid groups (broad SMARTS) is 2. The number of nitrogens with two attached hydrogens (primary N) is 1. The predicted molar refractivity (Wildman–Crippen MR) is 67.0 cm³/mol. The lowest BCUT2D eigenvalue weighted by Gasteiger charge is -2.31. The van der Waals surface area contributed by atoms with E-state index in [4.69, 9.17) is 10.8 Å². The largest absolute Gasteiger partial charge is 0.481 e. The lowest BCUT2D eigenvalue weighted by atomic mass is 9.88. The van der Waals surface area contributed by atoms with Gasteiger partial charge in [0.25, 0.3) is 0 Å². The number of nitrogens with one attached hydrogen (secondary N) is 1. The van der Waals surface area contributed by atoms with Gasteiger partial charge in [0.1, 0.15) is 6.17 Å². The zero-order valence-electron chi connectivity index (χ0n) is 10.6. The first kappa shape index (κ1) is 16.6. The van der Waals surface area contributed by atoms with E-state index in [1.54, 1.807) is 0 Å². The molecule has 5 N–H and O–H groups in total. The van der Waals surface area contributed by atoms with Crippen molar-refractivity contribution in [3.05, 3.63) is 0 Å². The Morgan fingerprint density at radius 2 is 1.95 bits per heavy atom. The average Bonchev–Trinajstić information content (AvgIpc) is 2.92. The minimum atomic E-state index is -2.17. The Morgan fingerprint density at radius 3 is 2.35 bits per heavy atom. The van der Waals surface area contributed by atoms with E-state index in [2.05, 4.69) is 5.32 Å². The summed E-state index contributed by atoms with van der Waals surface area (Å²) in [5, 5.41) is 20.3. The van der Waals surface area contributed by atoms with Gasteiger partial charge in [-0.2, -0.15) is 0 Å². The third-order valence-corrected chi connectivity index (χ3v) is 4.05. The number of hydrogen-bond donors (Lipinski definition) is 4. The lowest BCUT2D eigenvalue weighted by molar-refractivity contribution is -0.153. The summed E-state index contributed by atoms with van der Waals surface area (Å²) < 4.78 is 14.0. The van der Waals surface area contributed by atoms with Gasteiger partial charge in [-0.25, -0.2) is 9.18 Å². The number of carbonyl (C=O) groups excluding carboxylic acids is 1. The quantitative estimate of drug-likeness (QED) is 0.548. The third-order valence-electron chi connectivity index (χ3n) is 4.05. The van der Waals surface area contributed by atoms with Gasteiger partial charge in [0.15, 0.2) is 5.54 Å². The molecule has 2 fully saturated rings. The Balaban J connectivity index is 0.00000200. The zero-order valence-corrected chi connectivity index (χ0v) is 11.4. The summed E-state index contributed by atoms with van der Waals surface area (Å²) in [4.78, 5) is 33.9. The van der Waals surface area contributed by atoms with Crippen LogP contribution in [-0.4, -0.2) is 45.8 Å². The van der Waals surface area contributed by atoms with E-state index in [1.807, 2.05) is 0 Å². The second kappa shape index (κ2) is 5.17. The van der Waals surface area contributed by atoms with Crippen molar-refractivity contribution in [3.63, 3.8) is 0 Å². The second-order valence-electron chi connectivity index (χ2n) is 5.21. The van der Waals surface area contributed by atoms with Crippen molar-refractivity contribution in [2.75, 3.05) is 0 Å². The monoisotopic (exact) mass is 310 g/mol. The molecule has 0 aliphatic heterocycles. The van der Waals surface area contributed by atoms with E-state index in [-0.39, 0.29) is 18.8 Å². The zero-order chi connectivity index (χ0) is 14.5. The smallest absolute Gasteiger partial charge is 0.332 e. The van der Waals surface area contributed by atoms with Gasteiger partial charge in [0.2, 0.25) is 5.91 Å². The van der Waals surface area contributed by atoms with Crippen LogP contribution < -0.4 is 11.1 Å². The molecular weight excluding hydrogens is 295 g/mol. The number of rotatable bonds is 4. The number of hydrogen-bond acceptors (Lipinski definition) is 4. The van der Waals surface area contributed by atoms with E-state index in [0.717, 1.165) is 0 Å². The van der Waals surface area contributed by atoms with E-state index < -0.39 is 53.4 Å². The maximum atomic E-state index is 14.0. The first-order valence-corrected chi connectivity index (χ1v) is 5.91. The molecule has 7 nitrogen and oxygen atoms in total. The molecule has 0 unspecified atom stereocenters. The first-order valence-electron chi connectivity index (χ1n) is 5.91. The van der Waals surface area contributed by atoms with Crippen LogP contribution in [0.1, 0.15) is 13.3 Å². The van der Waals surface area contributed by atoms with Crippen LogP contribution in [0.15, 0.2) is 0 Å². The highest BCUT2D eigenvalue weighted by molar-refractivity contribution is 5.92. The van der Waals surface area contributed by atoms with Crippen molar-refractivity contribution in [2.24, 2.45) is 23.5 Å². The van der Waals surface area contributed by atoms with E-state index >= 15 is 0 Å². The van der Waals surface area contributed by atoms with Crippen molar-refractivity contribution in [1.82, 2.24) is 5.32 Å². The maximum Gasteiger partial charge on any atom is 0.332 e. The minimum absolute atomic E-state index is 0. The summed E-state index contributed by atoms with van der Waals surface area (Å²) in [5.74, 6) is -5.90. The van der Waals surface area contributed by atoms with Crippen LogP contribution in [0.5, 0.6) is 0 Å². The molecule has 0 aromatic rings. The average molecular weight is 311 g/mol. The standard InChI is InChI=1S/C11H15FN2O5.ClH/c1-3(13)8(15)14-11(10(18)19)5(12)2-4-6(7(4)11)9(16)17;/h3-7H,2,13H2,1H3,(H,14,15)(H,16,17)(H,18,19);1H/t3-,4-,5-,6-,7-,11-;/m0./s1. The Morgan fingerprint density at radius 1 is 1.40 bits per heavy atom. The third kappa shape index (κ3) is 2.12. The van der Waals surface area contributed by atoms with Gasteiger partial charge >= 0.3 is 11.9 Å². The summed E-state index contributed by atoms with van der Waals surface area (Å²) in [6, 6.07) is -0.996. The van der Waals surface area contributed by atoms with Gasteiger partial charge in [-0.15, -0.1) is 12.4 Å². The summed E-state index contributed by atoms with van der Waals surface area (Å²) in [5.41, 5.74) is 3.16. The predicted octanol–water partition coefficient (Wildman–Crippen LogP) is -0.616. The number of aliphatic carboxylic acids is 2. The fraction of sp³-hybridized carbons (Fsp3) is 0.727. The van der Waals surface area contributed by atoms with Gasteiger partial charge in [-0.1, -0.05) is 0 Å². The molecule has 0 bridgehead atoms. The Hall–Kier alpha value is -1.41. The molecule has 0 radical (unpaired) electrons. The van der Waals surface area contributed by atoms with Crippen molar-refractivity contribution in [2.45, 2.75) is 31.1 Å². The first-order chi connectivity index (χ1) is 8.73. The number of fused-ring (bicyclic) bond motifs is 1.